The van der Waals surface area contributed by atoms with E-state index in [1.165, 1.54) is 4.90 Å². The number of carbonyl (C=O) groups is 3. The lowest BCUT2D eigenvalue weighted by atomic mass is 10.1. The number of aromatic nitrogens is 1. The molecule has 1 aromatic carbocycles. The van der Waals surface area contributed by atoms with Crippen LogP contribution < -0.4 is 21.1 Å². The van der Waals surface area contributed by atoms with Gasteiger partial charge < -0.3 is 25.8 Å². The Labute approximate surface area is 213 Å². The van der Waals surface area contributed by atoms with Gasteiger partial charge in [0.1, 0.15) is 28.8 Å². The molecule has 5 N–H and O–H groups in total. The topological polar surface area (TPSA) is 147 Å². The van der Waals surface area contributed by atoms with Crippen molar-refractivity contribution in [1.82, 2.24) is 14.6 Å². The van der Waals surface area contributed by atoms with Gasteiger partial charge in [-0.25, -0.2) is 13.6 Å². The van der Waals surface area contributed by atoms with E-state index in [2.05, 4.69) is 30.9 Å². The van der Waals surface area contributed by atoms with E-state index in [4.69, 9.17) is 10.5 Å². The van der Waals surface area contributed by atoms with Gasteiger partial charge in [-0.15, -0.1) is 0 Å². The zero-order valence-corrected chi connectivity index (χ0v) is 21.5. The number of carbonyl (C=O) groups excluding carboxylic acids is 3. The van der Waals surface area contributed by atoms with E-state index in [0.717, 1.165) is 12.1 Å². The zero-order valence-electron chi connectivity index (χ0n) is 19.1. The molecule has 0 spiro atoms. The van der Waals surface area contributed by atoms with Crippen LogP contribution in [-0.4, -0.2) is 59.0 Å². The Morgan fingerprint density at radius 1 is 1.26 bits per heavy atom. The summed E-state index contributed by atoms with van der Waals surface area (Å²) in [5, 5.41) is 14.9. The molecule has 1 heterocycles. The summed E-state index contributed by atoms with van der Waals surface area (Å²) in [7, 11) is 3.32. The molecule has 0 aliphatic rings. The number of halogens is 3. The van der Waals surface area contributed by atoms with Gasteiger partial charge >= 0.3 is 6.03 Å². The lowest BCUT2D eigenvalue weighted by Gasteiger charge is -2.13. The molecule has 0 aliphatic heterocycles. The van der Waals surface area contributed by atoms with Crippen molar-refractivity contribution in [3.63, 3.8) is 0 Å². The summed E-state index contributed by atoms with van der Waals surface area (Å²) in [6, 6.07) is 1.45. The SMILES string of the molecule is CN(C)C(=O)CCC[C@H](O)CCNC(=O)Nc1snc(OCc2c(F)cc(Br)cc2F)c1C(N)=O. The molecule has 0 aliphatic carbocycles. The van der Waals surface area contributed by atoms with Crippen LogP contribution in [0, 0.1) is 11.6 Å². The Bertz CT molecular complexity index is 1050. The summed E-state index contributed by atoms with van der Waals surface area (Å²) >= 11 is 3.69. The predicted octanol–water partition coefficient (Wildman–Crippen LogP) is 2.99. The second kappa shape index (κ2) is 13.3. The average molecular weight is 578 g/mol. The molecule has 1 atom stereocenters. The van der Waals surface area contributed by atoms with Crippen molar-refractivity contribution in [2.75, 3.05) is 26.0 Å². The number of anilines is 1. The van der Waals surface area contributed by atoms with E-state index in [-0.39, 0.29) is 45.4 Å². The summed E-state index contributed by atoms with van der Waals surface area (Å²) in [4.78, 5) is 37.1. The highest BCUT2D eigenvalue weighted by atomic mass is 79.9. The molecular formula is C21H26BrF2N5O5S. The minimum absolute atomic E-state index is 0.00973. The number of rotatable bonds is 12. The lowest BCUT2D eigenvalue weighted by molar-refractivity contribution is -0.128. The van der Waals surface area contributed by atoms with Crippen molar-refractivity contribution >= 4 is 50.3 Å². The van der Waals surface area contributed by atoms with Crippen LogP contribution in [0.15, 0.2) is 16.6 Å². The smallest absolute Gasteiger partial charge is 0.319 e. The van der Waals surface area contributed by atoms with Crippen LogP contribution in [0.4, 0.5) is 18.6 Å². The largest absolute Gasteiger partial charge is 0.471 e. The second-order valence-electron chi connectivity index (χ2n) is 7.70. The fourth-order valence-corrected chi connectivity index (χ4v) is 4.02. The van der Waals surface area contributed by atoms with Gasteiger partial charge in [-0.3, -0.25) is 14.9 Å². The Morgan fingerprint density at radius 3 is 2.51 bits per heavy atom. The number of aliphatic hydroxyl groups is 1. The maximum Gasteiger partial charge on any atom is 0.319 e. The number of amides is 4. The summed E-state index contributed by atoms with van der Waals surface area (Å²) in [6.07, 6.45) is 0.806. The third-order valence-electron chi connectivity index (χ3n) is 4.78. The van der Waals surface area contributed by atoms with Crippen LogP contribution in [0.2, 0.25) is 0 Å². The van der Waals surface area contributed by atoms with Crippen LogP contribution in [-0.2, 0) is 11.4 Å². The van der Waals surface area contributed by atoms with Crippen molar-refractivity contribution < 1.29 is 33.0 Å². The van der Waals surface area contributed by atoms with Gasteiger partial charge in [-0.1, -0.05) is 15.9 Å². The maximum absolute atomic E-state index is 14.0. The highest BCUT2D eigenvalue weighted by molar-refractivity contribution is 9.10. The third kappa shape index (κ3) is 8.71. The quantitative estimate of drug-likeness (QED) is 0.305. The molecule has 14 heteroatoms. The monoisotopic (exact) mass is 577 g/mol. The molecule has 192 valence electrons. The van der Waals surface area contributed by atoms with Gasteiger partial charge in [0.05, 0.1) is 11.7 Å². The Morgan fingerprint density at radius 2 is 1.91 bits per heavy atom. The highest BCUT2D eigenvalue weighted by Crippen LogP contribution is 2.31. The number of hydrogen-bond donors (Lipinski definition) is 4. The molecule has 2 aromatic rings. The summed E-state index contributed by atoms with van der Waals surface area (Å²) < 4.78 is 37.4. The molecule has 35 heavy (non-hydrogen) atoms. The molecule has 0 unspecified atom stereocenters. The van der Waals surface area contributed by atoms with Crippen LogP contribution in [0.5, 0.6) is 5.88 Å². The van der Waals surface area contributed by atoms with Crippen LogP contribution in [0.25, 0.3) is 0 Å². The van der Waals surface area contributed by atoms with Gasteiger partial charge in [0, 0.05) is 31.5 Å². The molecule has 0 bridgehead atoms. The van der Waals surface area contributed by atoms with Gasteiger partial charge in [0.15, 0.2) is 0 Å². The molecule has 0 saturated carbocycles. The van der Waals surface area contributed by atoms with Crippen molar-refractivity contribution in [2.24, 2.45) is 5.73 Å². The van der Waals surface area contributed by atoms with Crippen molar-refractivity contribution in [2.45, 2.75) is 38.4 Å². The van der Waals surface area contributed by atoms with E-state index >= 15 is 0 Å². The molecule has 4 amide bonds. The van der Waals surface area contributed by atoms with Crippen LogP contribution in [0.1, 0.15) is 41.6 Å². The van der Waals surface area contributed by atoms with Gasteiger partial charge in [0.25, 0.3) is 5.91 Å². The number of primary amides is 1. The first-order valence-electron chi connectivity index (χ1n) is 10.5. The number of benzene rings is 1. The Hall–Kier alpha value is -2.84. The summed E-state index contributed by atoms with van der Waals surface area (Å²) in [5.41, 5.74) is 4.76. The average Bonchev–Trinajstić information content (AvgIpc) is 3.15. The molecule has 0 saturated heterocycles. The number of nitrogens with zero attached hydrogens (tertiary/aromatic N) is 2. The van der Waals surface area contributed by atoms with Crippen molar-refractivity contribution in [3.05, 3.63) is 39.4 Å². The second-order valence-corrected chi connectivity index (χ2v) is 9.39. The molecule has 0 fully saturated rings. The van der Waals surface area contributed by atoms with Crippen molar-refractivity contribution in [1.29, 1.82) is 0 Å². The minimum Gasteiger partial charge on any atom is -0.471 e. The van der Waals surface area contributed by atoms with Crippen LogP contribution in [0.3, 0.4) is 0 Å². The predicted molar refractivity (Wildman–Crippen MR) is 129 cm³/mol. The number of urea groups is 1. The molecule has 0 radical (unpaired) electrons. The first kappa shape index (κ1) is 28.4. The lowest BCUT2D eigenvalue weighted by Crippen LogP contribution is -2.31. The zero-order chi connectivity index (χ0) is 26.1. The van der Waals surface area contributed by atoms with Crippen LogP contribution >= 0.6 is 27.5 Å². The van der Waals surface area contributed by atoms with Gasteiger partial charge in [-0.05, 0) is 42.9 Å². The number of aliphatic hydroxyl groups excluding tert-OH is 1. The van der Waals surface area contributed by atoms with Gasteiger partial charge in [-0.2, -0.15) is 4.37 Å². The Kier molecular flexibility index (Phi) is 10.8. The normalized spacial score (nSPS) is 11.6. The summed E-state index contributed by atoms with van der Waals surface area (Å²) in [6.45, 7) is -0.427. The Balaban J connectivity index is 1.88. The van der Waals surface area contributed by atoms with Crippen molar-refractivity contribution in [3.8, 4) is 5.88 Å². The van der Waals surface area contributed by atoms with E-state index in [1.54, 1.807) is 14.1 Å². The first-order chi connectivity index (χ1) is 16.5. The standard InChI is InChI=1S/C21H26BrF2N5O5S/c1-29(2)16(31)5-3-4-12(30)6-7-26-21(33)27-20-17(18(25)32)19(28-35-20)34-10-13-14(23)8-11(22)9-15(13)24/h8-9,12,30H,3-7,10H2,1-2H3,(H2,25,32)(H2,26,27,33)/t12-/m0/s1. The number of nitrogens with one attached hydrogen (secondary N) is 2. The minimum atomic E-state index is -0.955. The fourth-order valence-electron chi connectivity index (χ4n) is 2.88. The van der Waals surface area contributed by atoms with E-state index in [0.29, 0.717) is 30.8 Å². The number of nitrogens with two attached hydrogens (primary N) is 1. The molecular weight excluding hydrogens is 552 g/mol. The maximum atomic E-state index is 14.0. The summed E-state index contributed by atoms with van der Waals surface area (Å²) in [5.74, 6) is -2.96. The highest BCUT2D eigenvalue weighted by Gasteiger charge is 2.23. The van der Waals surface area contributed by atoms with E-state index < -0.39 is 36.3 Å². The first-order valence-corrected chi connectivity index (χ1v) is 12.0. The number of ether oxygens (including phenoxy) is 1. The van der Waals surface area contributed by atoms with E-state index in [1.807, 2.05) is 0 Å². The molecule has 2 rings (SSSR count). The van der Waals surface area contributed by atoms with Gasteiger partial charge in [0.2, 0.25) is 11.8 Å². The fraction of sp³-hybridized carbons (Fsp3) is 0.429. The van der Waals surface area contributed by atoms with E-state index in [9.17, 15) is 28.3 Å². The molecule has 10 nitrogen and oxygen atoms in total. The number of hydrogen-bond acceptors (Lipinski definition) is 7. The molecule has 1 aromatic heterocycles. The third-order valence-corrected chi connectivity index (χ3v) is 5.99.